The fraction of sp³-hybridized carbons (Fsp3) is 0.867. The fourth-order valence-corrected chi connectivity index (χ4v) is 2.74. The molecular weight excluding hydrogens is 242 g/mol. The van der Waals surface area contributed by atoms with Crippen LogP contribution in [0.5, 0.6) is 0 Å². The number of aliphatic carboxylic acids is 1. The molecule has 110 valence electrons. The molecule has 0 heterocycles. The van der Waals surface area contributed by atoms with E-state index in [2.05, 4.69) is 5.32 Å². The first-order valence-electron chi connectivity index (χ1n) is 7.67. The Morgan fingerprint density at radius 2 is 1.74 bits per heavy atom. The predicted octanol–water partition coefficient (Wildman–Crippen LogP) is 3.11. The Balaban J connectivity index is 1.91. The predicted molar refractivity (Wildman–Crippen MR) is 74.9 cm³/mol. The number of nitrogens with one attached hydrogen (secondary N) is 1. The van der Waals surface area contributed by atoms with Gasteiger partial charge in [0.1, 0.15) is 0 Å². The van der Waals surface area contributed by atoms with Crippen molar-refractivity contribution in [3.05, 3.63) is 0 Å². The van der Waals surface area contributed by atoms with Crippen LogP contribution in [0.2, 0.25) is 0 Å². The van der Waals surface area contributed by atoms with Crippen molar-refractivity contribution in [1.29, 1.82) is 0 Å². The molecule has 19 heavy (non-hydrogen) atoms. The number of hydrogen-bond acceptors (Lipinski definition) is 2. The van der Waals surface area contributed by atoms with E-state index in [9.17, 15) is 9.59 Å². The molecule has 1 fully saturated rings. The first-order valence-corrected chi connectivity index (χ1v) is 7.67. The lowest BCUT2D eigenvalue weighted by Crippen LogP contribution is -2.24. The number of unbranched alkanes of at least 4 members (excludes halogenated alkanes) is 1. The molecule has 1 amide bonds. The normalized spacial score (nSPS) is 16.2. The fourth-order valence-electron chi connectivity index (χ4n) is 2.74. The molecule has 0 atom stereocenters. The molecule has 0 radical (unpaired) electrons. The van der Waals surface area contributed by atoms with Crippen molar-refractivity contribution in [2.24, 2.45) is 5.92 Å². The van der Waals surface area contributed by atoms with Gasteiger partial charge < -0.3 is 10.4 Å². The first-order chi connectivity index (χ1) is 9.18. The molecule has 1 saturated carbocycles. The van der Waals surface area contributed by atoms with Gasteiger partial charge >= 0.3 is 5.97 Å². The third-order valence-electron chi connectivity index (χ3n) is 3.88. The zero-order valence-electron chi connectivity index (χ0n) is 11.8. The van der Waals surface area contributed by atoms with Crippen LogP contribution in [0.3, 0.4) is 0 Å². The van der Waals surface area contributed by atoms with Crippen molar-refractivity contribution >= 4 is 11.9 Å². The summed E-state index contributed by atoms with van der Waals surface area (Å²) < 4.78 is 0. The van der Waals surface area contributed by atoms with E-state index in [4.69, 9.17) is 5.11 Å². The summed E-state index contributed by atoms with van der Waals surface area (Å²) >= 11 is 0. The second-order valence-electron chi connectivity index (χ2n) is 5.60. The van der Waals surface area contributed by atoms with E-state index in [1.54, 1.807) is 0 Å². The van der Waals surface area contributed by atoms with Crippen molar-refractivity contribution in [3.63, 3.8) is 0 Å². The number of hydrogen-bond donors (Lipinski definition) is 2. The Labute approximate surface area is 116 Å². The van der Waals surface area contributed by atoms with Gasteiger partial charge in [0.25, 0.3) is 0 Å². The number of carboxylic acids is 1. The van der Waals surface area contributed by atoms with Crippen LogP contribution in [0, 0.1) is 5.92 Å². The van der Waals surface area contributed by atoms with Gasteiger partial charge in [-0.1, -0.05) is 32.1 Å². The Hall–Kier alpha value is -1.06. The number of carbonyl (C=O) groups is 2. The minimum Gasteiger partial charge on any atom is -0.481 e. The molecule has 0 aliphatic heterocycles. The van der Waals surface area contributed by atoms with E-state index >= 15 is 0 Å². The SMILES string of the molecule is O=C(O)CCCCNC(=O)CCCC1CCCCC1. The first kappa shape index (κ1) is 16.0. The number of carboxylic acid groups (broad SMARTS) is 1. The summed E-state index contributed by atoms with van der Waals surface area (Å²) in [6.07, 6.45) is 11.2. The largest absolute Gasteiger partial charge is 0.481 e. The highest BCUT2D eigenvalue weighted by Gasteiger charge is 2.13. The number of amides is 1. The molecule has 0 aromatic carbocycles. The summed E-state index contributed by atoms with van der Waals surface area (Å²) in [5.41, 5.74) is 0. The van der Waals surface area contributed by atoms with Crippen molar-refractivity contribution in [1.82, 2.24) is 5.32 Å². The maximum atomic E-state index is 11.6. The van der Waals surface area contributed by atoms with E-state index < -0.39 is 5.97 Å². The molecule has 0 bridgehead atoms. The van der Waals surface area contributed by atoms with E-state index in [-0.39, 0.29) is 12.3 Å². The van der Waals surface area contributed by atoms with Crippen LogP contribution in [-0.4, -0.2) is 23.5 Å². The molecule has 1 aliphatic rings. The van der Waals surface area contributed by atoms with Crippen LogP contribution in [0.1, 0.15) is 70.6 Å². The Bertz CT molecular complexity index is 273. The van der Waals surface area contributed by atoms with E-state index in [1.165, 1.54) is 38.5 Å². The van der Waals surface area contributed by atoms with Gasteiger partial charge in [0.05, 0.1) is 0 Å². The maximum absolute atomic E-state index is 11.6. The summed E-state index contributed by atoms with van der Waals surface area (Å²) in [4.78, 5) is 21.9. The average Bonchev–Trinajstić information content (AvgIpc) is 2.39. The molecule has 0 saturated heterocycles. The molecule has 0 unspecified atom stereocenters. The second kappa shape index (κ2) is 9.82. The van der Waals surface area contributed by atoms with Gasteiger partial charge in [-0.05, 0) is 31.6 Å². The standard InChI is InChI=1S/C15H27NO3/c17-14(16-12-5-4-11-15(18)19)10-6-9-13-7-2-1-3-8-13/h13H,1-12H2,(H,16,17)(H,18,19). The highest BCUT2D eigenvalue weighted by molar-refractivity contribution is 5.75. The lowest BCUT2D eigenvalue weighted by atomic mass is 9.86. The minimum atomic E-state index is -0.765. The van der Waals surface area contributed by atoms with E-state index in [1.807, 2.05) is 0 Å². The van der Waals surface area contributed by atoms with Crippen molar-refractivity contribution in [3.8, 4) is 0 Å². The van der Waals surface area contributed by atoms with Crippen LogP contribution < -0.4 is 5.32 Å². The zero-order chi connectivity index (χ0) is 13.9. The van der Waals surface area contributed by atoms with Gasteiger partial charge in [0.2, 0.25) is 5.91 Å². The smallest absolute Gasteiger partial charge is 0.303 e. The summed E-state index contributed by atoms with van der Waals surface area (Å²) in [6, 6.07) is 0. The Kier molecular flexibility index (Phi) is 8.26. The number of rotatable bonds is 9. The van der Waals surface area contributed by atoms with Crippen LogP contribution in [0.4, 0.5) is 0 Å². The Morgan fingerprint density at radius 1 is 1.00 bits per heavy atom. The quantitative estimate of drug-likeness (QED) is 0.632. The molecule has 1 aliphatic carbocycles. The molecule has 1 rings (SSSR count). The lowest BCUT2D eigenvalue weighted by molar-refractivity contribution is -0.137. The molecule has 2 N–H and O–H groups in total. The van der Waals surface area contributed by atoms with Crippen molar-refractivity contribution < 1.29 is 14.7 Å². The van der Waals surface area contributed by atoms with Crippen molar-refractivity contribution in [2.75, 3.05) is 6.54 Å². The minimum absolute atomic E-state index is 0.117. The number of carbonyl (C=O) groups excluding carboxylic acids is 1. The van der Waals surface area contributed by atoms with Crippen molar-refractivity contribution in [2.45, 2.75) is 70.6 Å². The molecular formula is C15H27NO3. The summed E-state index contributed by atoms with van der Waals surface area (Å²) in [5.74, 6) is 0.196. The molecule has 4 nitrogen and oxygen atoms in total. The summed E-state index contributed by atoms with van der Waals surface area (Å²) in [5, 5.41) is 11.3. The summed E-state index contributed by atoms with van der Waals surface area (Å²) in [7, 11) is 0. The molecule has 0 aromatic rings. The van der Waals surface area contributed by atoms with Crippen LogP contribution in [-0.2, 0) is 9.59 Å². The highest BCUT2D eigenvalue weighted by atomic mass is 16.4. The second-order valence-corrected chi connectivity index (χ2v) is 5.60. The van der Waals surface area contributed by atoms with E-state index in [0.29, 0.717) is 19.4 Å². The van der Waals surface area contributed by atoms with Crippen LogP contribution in [0.15, 0.2) is 0 Å². The van der Waals surface area contributed by atoms with Gasteiger partial charge in [0, 0.05) is 19.4 Å². The van der Waals surface area contributed by atoms with Crippen LogP contribution >= 0.6 is 0 Å². The average molecular weight is 269 g/mol. The van der Waals surface area contributed by atoms with Gasteiger partial charge in [-0.15, -0.1) is 0 Å². The Morgan fingerprint density at radius 3 is 2.42 bits per heavy atom. The molecule has 0 aromatic heterocycles. The van der Waals surface area contributed by atoms with E-state index in [0.717, 1.165) is 18.8 Å². The third kappa shape index (κ3) is 8.62. The van der Waals surface area contributed by atoms with Crippen LogP contribution in [0.25, 0.3) is 0 Å². The van der Waals surface area contributed by atoms with Gasteiger partial charge in [-0.3, -0.25) is 9.59 Å². The highest BCUT2D eigenvalue weighted by Crippen LogP contribution is 2.27. The van der Waals surface area contributed by atoms with Gasteiger partial charge in [-0.2, -0.15) is 0 Å². The maximum Gasteiger partial charge on any atom is 0.303 e. The third-order valence-corrected chi connectivity index (χ3v) is 3.88. The monoisotopic (exact) mass is 269 g/mol. The van der Waals surface area contributed by atoms with Gasteiger partial charge in [-0.25, -0.2) is 0 Å². The summed E-state index contributed by atoms with van der Waals surface area (Å²) in [6.45, 7) is 0.607. The topological polar surface area (TPSA) is 66.4 Å². The van der Waals surface area contributed by atoms with Gasteiger partial charge in [0.15, 0.2) is 0 Å². The molecule has 4 heteroatoms. The zero-order valence-corrected chi connectivity index (χ0v) is 11.8. The molecule has 0 spiro atoms. The lowest BCUT2D eigenvalue weighted by Gasteiger charge is -2.21.